The van der Waals surface area contributed by atoms with Crippen LogP contribution in [-0.2, 0) is 0 Å². The first-order valence-corrected chi connectivity index (χ1v) is 7.56. The van der Waals surface area contributed by atoms with Crippen molar-refractivity contribution in [2.75, 3.05) is 6.54 Å². The predicted molar refractivity (Wildman–Crippen MR) is 95.6 cm³/mol. The third-order valence-corrected chi connectivity index (χ3v) is 3.26. The third kappa shape index (κ3) is 4.53. The monoisotopic (exact) mass is 305 g/mol. The Labute approximate surface area is 136 Å². The Morgan fingerprint density at radius 2 is 1.74 bits per heavy atom. The van der Waals surface area contributed by atoms with E-state index in [4.69, 9.17) is 5.53 Å². The van der Waals surface area contributed by atoms with E-state index in [1.807, 2.05) is 61.5 Å². The molecule has 0 bridgehead atoms. The summed E-state index contributed by atoms with van der Waals surface area (Å²) in [5.74, 6) is 0.351. The highest BCUT2D eigenvalue weighted by molar-refractivity contribution is 6.06. The van der Waals surface area contributed by atoms with Crippen molar-refractivity contribution in [1.82, 2.24) is 0 Å². The molecule has 5 heteroatoms. The zero-order valence-electron chi connectivity index (χ0n) is 13.3. The topological polar surface area (TPSA) is 73.5 Å². The zero-order valence-corrected chi connectivity index (χ0v) is 13.3. The Kier molecular flexibility index (Phi) is 6.09. The number of rotatable bonds is 5. The van der Waals surface area contributed by atoms with E-state index in [0.29, 0.717) is 5.84 Å². The van der Waals surface area contributed by atoms with Crippen LogP contribution in [0.5, 0.6) is 0 Å². The van der Waals surface area contributed by atoms with E-state index < -0.39 is 0 Å². The van der Waals surface area contributed by atoms with Gasteiger partial charge < -0.3 is 0 Å². The lowest BCUT2D eigenvalue weighted by Crippen LogP contribution is -1.99. The summed E-state index contributed by atoms with van der Waals surface area (Å²) in [6.07, 6.45) is 0.997. The van der Waals surface area contributed by atoms with E-state index in [-0.39, 0.29) is 0 Å². The summed E-state index contributed by atoms with van der Waals surface area (Å²) in [6.45, 7) is 4.85. The fourth-order valence-corrected chi connectivity index (χ4v) is 2.13. The molecule has 0 unspecified atom stereocenters. The van der Waals surface area contributed by atoms with Crippen molar-refractivity contribution in [1.29, 1.82) is 0 Å². The van der Waals surface area contributed by atoms with Crippen LogP contribution in [-0.4, -0.2) is 18.1 Å². The summed E-state index contributed by atoms with van der Waals surface area (Å²) >= 11 is 0. The summed E-state index contributed by atoms with van der Waals surface area (Å²) in [5, 5.41) is 3.74. The molecule has 0 aliphatic rings. The Balaban J connectivity index is 2.50. The lowest BCUT2D eigenvalue weighted by Gasteiger charge is -2.07. The van der Waals surface area contributed by atoms with E-state index in [0.717, 1.165) is 35.5 Å². The molecule has 116 valence electrons. The maximum Gasteiger partial charge on any atom is 0.134 e. The lowest BCUT2D eigenvalue weighted by atomic mass is 10.1. The van der Waals surface area contributed by atoms with Gasteiger partial charge in [-0.25, -0.2) is 4.99 Å². The van der Waals surface area contributed by atoms with E-state index >= 15 is 0 Å². The van der Waals surface area contributed by atoms with Gasteiger partial charge in [-0.1, -0.05) is 55.5 Å². The van der Waals surface area contributed by atoms with Crippen molar-refractivity contribution in [2.45, 2.75) is 20.3 Å². The number of benzene rings is 2. The molecule has 0 heterocycles. The number of para-hydroxylation sites is 1. The highest BCUT2D eigenvalue weighted by Gasteiger charge is 2.06. The van der Waals surface area contributed by atoms with E-state index in [2.05, 4.69) is 26.9 Å². The van der Waals surface area contributed by atoms with Gasteiger partial charge in [-0.05, 0) is 30.1 Å². The van der Waals surface area contributed by atoms with Gasteiger partial charge in [0.1, 0.15) is 5.84 Å². The van der Waals surface area contributed by atoms with Gasteiger partial charge in [0.25, 0.3) is 0 Å². The normalized spacial score (nSPS) is 11.9. The number of hydrogen-bond donors (Lipinski definition) is 0. The largest absolute Gasteiger partial charge is 0.289 e. The molecule has 0 amide bonds. The highest BCUT2D eigenvalue weighted by Crippen LogP contribution is 2.21. The van der Waals surface area contributed by atoms with Crippen molar-refractivity contribution < 1.29 is 0 Å². The van der Waals surface area contributed by atoms with Gasteiger partial charge in [0, 0.05) is 28.3 Å². The van der Waals surface area contributed by atoms with Crippen molar-refractivity contribution >= 4 is 17.2 Å². The summed E-state index contributed by atoms with van der Waals surface area (Å²) in [7, 11) is 0. The van der Waals surface area contributed by atoms with Crippen LogP contribution in [0.25, 0.3) is 10.4 Å². The number of hydrogen-bond acceptors (Lipinski definition) is 2. The maximum atomic E-state index is 8.82. The van der Waals surface area contributed by atoms with Gasteiger partial charge in [0.15, 0.2) is 0 Å². The first-order chi connectivity index (χ1) is 11.3. The molecule has 0 spiro atoms. The first kappa shape index (κ1) is 16.5. The molecule has 0 N–H and O–H groups in total. The van der Waals surface area contributed by atoms with Crippen molar-refractivity contribution in [2.24, 2.45) is 15.1 Å². The molecule has 5 nitrogen and oxygen atoms in total. The molecular formula is C18H19N5. The number of amidine groups is 1. The summed E-state index contributed by atoms with van der Waals surface area (Å²) in [4.78, 5) is 12.0. The predicted octanol–water partition coefficient (Wildman–Crippen LogP) is 5.29. The van der Waals surface area contributed by atoms with Gasteiger partial charge in [-0.15, -0.1) is 0 Å². The van der Waals surface area contributed by atoms with Gasteiger partial charge >= 0.3 is 0 Å². The molecule has 2 rings (SSSR count). The first-order valence-electron chi connectivity index (χ1n) is 7.56. The second-order valence-corrected chi connectivity index (χ2v) is 4.98. The standard InChI is InChI=1S/C18H19N5/c1-3-13-20-14(2)16-11-7-8-12-17(16)21-18(22-23-19)15-9-5-4-6-10-15/h4-12H,3,13H2,1-2H3. The van der Waals surface area contributed by atoms with Crippen LogP contribution >= 0.6 is 0 Å². The van der Waals surface area contributed by atoms with Crippen LogP contribution in [0.15, 0.2) is 69.7 Å². The van der Waals surface area contributed by atoms with Gasteiger partial charge in [-0.3, -0.25) is 4.99 Å². The molecule has 0 aliphatic carbocycles. The average Bonchev–Trinajstić information content (AvgIpc) is 2.60. The van der Waals surface area contributed by atoms with Crippen molar-refractivity contribution in [3.8, 4) is 0 Å². The van der Waals surface area contributed by atoms with Crippen LogP contribution in [0.3, 0.4) is 0 Å². The second kappa shape index (κ2) is 8.51. The molecule has 0 saturated heterocycles. The van der Waals surface area contributed by atoms with E-state index in [1.165, 1.54) is 0 Å². The van der Waals surface area contributed by atoms with Crippen molar-refractivity contribution in [3.05, 3.63) is 76.2 Å². The van der Waals surface area contributed by atoms with Crippen LogP contribution in [0.1, 0.15) is 31.4 Å². The van der Waals surface area contributed by atoms with E-state index in [9.17, 15) is 0 Å². The molecule has 2 aromatic rings. The molecule has 2 aromatic carbocycles. The summed E-state index contributed by atoms with van der Waals surface area (Å²) in [6, 6.07) is 17.2. The summed E-state index contributed by atoms with van der Waals surface area (Å²) in [5.41, 5.74) is 12.2. The zero-order chi connectivity index (χ0) is 16.5. The summed E-state index contributed by atoms with van der Waals surface area (Å²) < 4.78 is 0. The van der Waals surface area contributed by atoms with Crippen LogP contribution in [0, 0.1) is 0 Å². The van der Waals surface area contributed by atoms with Crippen LogP contribution in [0.4, 0.5) is 5.69 Å². The minimum Gasteiger partial charge on any atom is -0.289 e. The number of azide groups is 1. The fraction of sp³-hybridized carbons (Fsp3) is 0.222. The molecule has 0 aromatic heterocycles. The highest BCUT2D eigenvalue weighted by atomic mass is 15.2. The maximum absolute atomic E-state index is 8.82. The van der Waals surface area contributed by atoms with Gasteiger partial charge in [0.05, 0.1) is 5.69 Å². The molecule has 0 atom stereocenters. The number of aliphatic imine (C=N–C) groups is 2. The van der Waals surface area contributed by atoms with Crippen LogP contribution < -0.4 is 0 Å². The second-order valence-electron chi connectivity index (χ2n) is 4.98. The Morgan fingerprint density at radius 1 is 1.04 bits per heavy atom. The third-order valence-electron chi connectivity index (χ3n) is 3.26. The average molecular weight is 305 g/mol. The molecule has 0 aliphatic heterocycles. The molecule has 0 radical (unpaired) electrons. The minimum absolute atomic E-state index is 0.351. The van der Waals surface area contributed by atoms with Crippen LogP contribution in [0.2, 0.25) is 0 Å². The molecule has 0 fully saturated rings. The van der Waals surface area contributed by atoms with Gasteiger partial charge in [0.2, 0.25) is 0 Å². The van der Waals surface area contributed by atoms with E-state index in [1.54, 1.807) is 0 Å². The van der Waals surface area contributed by atoms with Gasteiger partial charge in [-0.2, -0.15) is 0 Å². The lowest BCUT2D eigenvalue weighted by molar-refractivity contribution is 0.931. The molecule has 0 saturated carbocycles. The fourth-order valence-electron chi connectivity index (χ4n) is 2.13. The molecule has 23 heavy (non-hydrogen) atoms. The Bertz CT molecular complexity index is 756. The Morgan fingerprint density at radius 3 is 2.43 bits per heavy atom. The smallest absolute Gasteiger partial charge is 0.134 e. The quantitative estimate of drug-likeness (QED) is 0.236. The van der Waals surface area contributed by atoms with Crippen molar-refractivity contribution in [3.63, 3.8) is 0 Å². The SMILES string of the molecule is CCCN=C(C)c1ccccc1N=C(N=[N+]=[N-])c1ccccc1. The molecular weight excluding hydrogens is 286 g/mol. The minimum atomic E-state index is 0.351. The Hall–Kier alpha value is -2.91. The number of nitrogens with zero attached hydrogens (tertiary/aromatic N) is 5.